The molecule has 0 aliphatic carbocycles. The number of ether oxygens (including phenoxy) is 1. The largest absolute Gasteiger partial charge is 0.418 e. The fraction of sp³-hybridized carbons (Fsp3) is 0.138. The fourth-order valence-electron chi connectivity index (χ4n) is 4.23. The summed E-state index contributed by atoms with van der Waals surface area (Å²) < 4.78 is 48.8. The second-order valence-corrected chi connectivity index (χ2v) is 8.37. The molecular formula is C29H23F3N2O. The molecule has 3 nitrogen and oxygen atoms in total. The lowest BCUT2D eigenvalue weighted by molar-refractivity contribution is -0.136. The van der Waals surface area contributed by atoms with E-state index in [9.17, 15) is 13.2 Å². The van der Waals surface area contributed by atoms with E-state index in [1.165, 1.54) is 6.07 Å². The summed E-state index contributed by atoms with van der Waals surface area (Å²) >= 11 is 0. The van der Waals surface area contributed by atoms with Crippen molar-refractivity contribution in [3.63, 3.8) is 0 Å². The second kappa shape index (κ2) is 9.76. The molecule has 0 saturated heterocycles. The van der Waals surface area contributed by atoms with Crippen LogP contribution in [0.2, 0.25) is 0 Å². The molecule has 176 valence electrons. The molecule has 35 heavy (non-hydrogen) atoms. The molecule has 5 aromatic rings. The average Bonchev–Trinajstić information content (AvgIpc) is 3.22. The van der Waals surface area contributed by atoms with Gasteiger partial charge >= 0.3 is 6.18 Å². The quantitative estimate of drug-likeness (QED) is 0.245. The molecule has 0 aliphatic rings. The number of benzene rings is 4. The van der Waals surface area contributed by atoms with E-state index in [4.69, 9.17) is 4.74 Å². The van der Waals surface area contributed by atoms with Crippen molar-refractivity contribution in [3.05, 3.63) is 125 Å². The molecule has 0 N–H and O–H groups in total. The summed E-state index contributed by atoms with van der Waals surface area (Å²) in [5.74, 6) is 0. The molecule has 5 rings (SSSR count). The Hall–Kier alpha value is -3.90. The maximum Gasteiger partial charge on any atom is 0.418 e. The molecule has 0 bridgehead atoms. The van der Waals surface area contributed by atoms with Gasteiger partial charge in [0.15, 0.2) is 0 Å². The number of alkyl halides is 3. The highest BCUT2D eigenvalue weighted by molar-refractivity contribution is 5.95. The van der Waals surface area contributed by atoms with E-state index in [1.807, 2.05) is 84.9 Å². The molecule has 0 saturated carbocycles. The zero-order valence-electron chi connectivity index (χ0n) is 18.9. The van der Waals surface area contributed by atoms with Crippen molar-refractivity contribution in [2.75, 3.05) is 0 Å². The number of halogens is 3. The van der Waals surface area contributed by atoms with Gasteiger partial charge in [-0.1, -0.05) is 91.0 Å². The second-order valence-electron chi connectivity index (χ2n) is 8.37. The molecule has 0 amide bonds. The first-order valence-corrected chi connectivity index (χ1v) is 11.3. The Bertz CT molecular complexity index is 1430. The van der Waals surface area contributed by atoms with Crippen LogP contribution < -0.4 is 0 Å². The van der Waals surface area contributed by atoms with Crippen LogP contribution in [0.5, 0.6) is 0 Å². The first-order valence-electron chi connectivity index (χ1n) is 11.3. The summed E-state index contributed by atoms with van der Waals surface area (Å²) in [6.07, 6.45) is -4.49. The van der Waals surface area contributed by atoms with Crippen LogP contribution in [0.3, 0.4) is 0 Å². The van der Waals surface area contributed by atoms with Gasteiger partial charge in [0.25, 0.3) is 0 Å². The monoisotopic (exact) mass is 472 g/mol. The maximum absolute atomic E-state index is 13.8. The molecule has 0 unspecified atom stereocenters. The zero-order chi connectivity index (χ0) is 24.3. The summed E-state index contributed by atoms with van der Waals surface area (Å²) in [5.41, 5.74) is 3.64. The summed E-state index contributed by atoms with van der Waals surface area (Å²) in [7, 11) is 0. The third-order valence-electron chi connectivity index (χ3n) is 5.83. The molecule has 4 aromatic carbocycles. The van der Waals surface area contributed by atoms with Gasteiger partial charge in [-0.25, -0.2) is 0 Å². The standard InChI is InChI=1S/C29H23F3N2O/c30-29(31,32)26-16-8-15-25-27(26)33-34(18-21-9-3-1-4-10-21)28(25)24-14-7-13-23(17-24)20-35-19-22-11-5-2-6-12-22/h1-17H,18-20H2. The molecular weight excluding hydrogens is 449 g/mol. The van der Waals surface area contributed by atoms with Crippen molar-refractivity contribution < 1.29 is 17.9 Å². The lowest BCUT2D eigenvalue weighted by Crippen LogP contribution is -2.06. The van der Waals surface area contributed by atoms with Crippen molar-refractivity contribution in [2.45, 2.75) is 25.9 Å². The van der Waals surface area contributed by atoms with Gasteiger partial charge in [-0.3, -0.25) is 4.68 Å². The van der Waals surface area contributed by atoms with Gasteiger partial charge in [0.2, 0.25) is 0 Å². The third-order valence-corrected chi connectivity index (χ3v) is 5.83. The van der Waals surface area contributed by atoms with Gasteiger partial charge in [-0.2, -0.15) is 18.3 Å². The van der Waals surface area contributed by atoms with E-state index in [0.29, 0.717) is 30.8 Å². The summed E-state index contributed by atoms with van der Waals surface area (Å²) in [6.45, 7) is 1.23. The van der Waals surface area contributed by atoms with Crippen LogP contribution in [0.1, 0.15) is 22.3 Å². The van der Waals surface area contributed by atoms with Crippen molar-refractivity contribution in [2.24, 2.45) is 0 Å². The highest BCUT2D eigenvalue weighted by Crippen LogP contribution is 2.38. The van der Waals surface area contributed by atoms with Crippen LogP contribution in [-0.2, 0) is 30.7 Å². The Labute approximate surface area is 201 Å². The first-order chi connectivity index (χ1) is 17.0. The Kier molecular flexibility index (Phi) is 6.38. The highest BCUT2D eigenvalue weighted by Gasteiger charge is 2.34. The predicted molar refractivity (Wildman–Crippen MR) is 131 cm³/mol. The molecule has 6 heteroatoms. The van der Waals surface area contributed by atoms with Crippen LogP contribution in [-0.4, -0.2) is 9.78 Å². The van der Waals surface area contributed by atoms with E-state index in [1.54, 1.807) is 10.7 Å². The summed E-state index contributed by atoms with van der Waals surface area (Å²) in [6, 6.07) is 31.4. The lowest BCUT2D eigenvalue weighted by atomic mass is 10.0. The fourth-order valence-corrected chi connectivity index (χ4v) is 4.23. The SMILES string of the molecule is FC(F)(F)c1cccc2c(-c3cccc(COCc4ccccc4)c3)n(Cc3ccccc3)nc12. The van der Waals surface area contributed by atoms with Crippen molar-refractivity contribution in [1.82, 2.24) is 9.78 Å². The van der Waals surface area contributed by atoms with Crippen LogP contribution in [0.25, 0.3) is 22.2 Å². The number of nitrogens with zero attached hydrogens (tertiary/aromatic N) is 2. The minimum absolute atomic E-state index is 0.0448. The molecule has 1 heterocycles. The minimum atomic E-state index is -4.49. The predicted octanol–water partition coefficient (Wildman–Crippen LogP) is 7.49. The van der Waals surface area contributed by atoms with E-state index in [0.717, 1.165) is 28.3 Å². The van der Waals surface area contributed by atoms with E-state index < -0.39 is 11.7 Å². The highest BCUT2D eigenvalue weighted by atomic mass is 19.4. The van der Waals surface area contributed by atoms with Crippen molar-refractivity contribution >= 4 is 10.9 Å². The zero-order valence-corrected chi connectivity index (χ0v) is 18.9. The van der Waals surface area contributed by atoms with E-state index in [2.05, 4.69) is 5.10 Å². The molecule has 0 fully saturated rings. The number of hydrogen-bond donors (Lipinski definition) is 0. The van der Waals surface area contributed by atoms with E-state index >= 15 is 0 Å². The van der Waals surface area contributed by atoms with Gasteiger partial charge in [-0.05, 0) is 28.8 Å². The number of fused-ring (bicyclic) bond motifs is 1. The molecule has 0 aliphatic heterocycles. The number of rotatable bonds is 7. The third kappa shape index (κ3) is 5.12. The molecule has 1 aromatic heterocycles. The Morgan fingerprint density at radius 1 is 0.686 bits per heavy atom. The first kappa shape index (κ1) is 22.9. The van der Waals surface area contributed by atoms with Crippen LogP contribution in [0.4, 0.5) is 13.2 Å². The van der Waals surface area contributed by atoms with Gasteiger partial charge < -0.3 is 4.74 Å². The minimum Gasteiger partial charge on any atom is -0.372 e. The van der Waals surface area contributed by atoms with Crippen LogP contribution in [0.15, 0.2) is 103 Å². The number of aromatic nitrogens is 2. The Morgan fingerprint density at radius 3 is 2.03 bits per heavy atom. The molecule has 0 atom stereocenters. The van der Waals surface area contributed by atoms with Gasteiger partial charge in [-0.15, -0.1) is 0 Å². The van der Waals surface area contributed by atoms with Gasteiger partial charge in [0.05, 0.1) is 31.0 Å². The average molecular weight is 473 g/mol. The number of hydrogen-bond acceptors (Lipinski definition) is 2. The van der Waals surface area contributed by atoms with E-state index in [-0.39, 0.29) is 5.52 Å². The Balaban J connectivity index is 1.53. The topological polar surface area (TPSA) is 27.1 Å². The molecule has 0 radical (unpaired) electrons. The summed E-state index contributed by atoms with van der Waals surface area (Å²) in [4.78, 5) is 0. The smallest absolute Gasteiger partial charge is 0.372 e. The van der Waals surface area contributed by atoms with Crippen LogP contribution in [0, 0.1) is 0 Å². The Morgan fingerprint density at radius 2 is 1.31 bits per heavy atom. The molecule has 0 spiro atoms. The lowest BCUT2D eigenvalue weighted by Gasteiger charge is -2.11. The van der Waals surface area contributed by atoms with Crippen molar-refractivity contribution in [1.29, 1.82) is 0 Å². The van der Waals surface area contributed by atoms with Crippen LogP contribution >= 0.6 is 0 Å². The maximum atomic E-state index is 13.8. The van der Waals surface area contributed by atoms with Gasteiger partial charge in [0, 0.05) is 10.9 Å². The summed E-state index contributed by atoms with van der Waals surface area (Å²) in [5, 5.41) is 4.92. The van der Waals surface area contributed by atoms with Crippen molar-refractivity contribution in [3.8, 4) is 11.3 Å². The normalized spacial score (nSPS) is 11.7. The van der Waals surface area contributed by atoms with Gasteiger partial charge in [0.1, 0.15) is 5.52 Å².